The lowest BCUT2D eigenvalue weighted by Crippen LogP contribution is -2.09. The average molecular weight is 131 g/mol. The summed E-state index contributed by atoms with van der Waals surface area (Å²) in [6, 6.07) is 0. The maximum Gasteiger partial charge on any atom is 0.123 e. The minimum Gasteiger partial charge on any atom is -0.370 e. The number of hydrogen-bond donors (Lipinski definition) is 1. The molecule has 1 rings (SSSR count). The Kier molecular flexibility index (Phi) is 1.94. The van der Waals surface area contributed by atoms with Crippen LogP contribution in [0.4, 0.5) is 0 Å². The fourth-order valence-electron chi connectivity index (χ4n) is 0.339. The van der Waals surface area contributed by atoms with E-state index in [2.05, 4.69) is 5.32 Å². The zero-order valence-corrected chi connectivity index (χ0v) is 5.26. The Morgan fingerprint density at radius 3 is 3.00 bits per heavy atom. The Bertz CT molecular complexity index is 73.8. The molecule has 1 unspecified atom stereocenters. The quantitative estimate of drug-likeness (QED) is 0.579. The van der Waals surface area contributed by atoms with Gasteiger partial charge in [-0.2, -0.15) is 0 Å². The first kappa shape index (κ1) is 5.38. The lowest BCUT2D eigenvalue weighted by Gasteiger charge is -2.02. The first-order valence-corrected chi connectivity index (χ1v) is 3.74. The molecule has 0 saturated heterocycles. The van der Waals surface area contributed by atoms with Crippen LogP contribution in [0.2, 0.25) is 0 Å². The molecule has 0 amide bonds. The number of rotatable bonds is 1. The van der Waals surface area contributed by atoms with Crippen molar-refractivity contribution >= 4 is 23.5 Å². The Hall–Kier alpha value is 0.240. The van der Waals surface area contributed by atoms with E-state index in [0.717, 1.165) is 0 Å². The minimum atomic E-state index is 0.347. The SMILES string of the molecule is [CH]SC1NC=CS1. The normalized spacial score (nSPS) is 27.9. The Balaban J connectivity index is 2.22. The van der Waals surface area contributed by atoms with E-state index in [1.54, 1.807) is 11.8 Å². The number of thioether (sulfide) groups is 2. The van der Waals surface area contributed by atoms with E-state index >= 15 is 0 Å². The van der Waals surface area contributed by atoms with E-state index in [1.807, 2.05) is 11.6 Å². The molecule has 7 heavy (non-hydrogen) atoms. The summed E-state index contributed by atoms with van der Waals surface area (Å²) in [5.74, 6) is 0. The molecule has 38 valence electrons. The van der Waals surface area contributed by atoms with Gasteiger partial charge in [0.15, 0.2) is 0 Å². The highest BCUT2D eigenvalue weighted by atomic mass is 32.2. The summed E-state index contributed by atoms with van der Waals surface area (Å²) in [7, 11) is 0. The van der Waals surface area contributed by atoms with Gasteiger partial charge in [-0.1, -0.05) is 11.8 Å². The molecule has 1 heterocycles. The molecular weight excluding hydrogens is 126 g/mol. The highest BCUT2D eigenvalue weighted by Crippen LogP contribution is 2.24. The van der Waals surface area contributed by atoms with Gasteiger partial charge >= 0.3 is 0 Å². The Labute approximate surface area is 51.9 Å². The van der Waals surface area contributed by atoms with Gasteiger partial charge in [0.2, 0.25) is 0 Å². The van der Waals surface area contributed by atoms with Crippen LogP contribution < -0.4 is 5.32 Å². The maximum absolute atomic E-state index is 5.23. The number of nitrogens with one attached hydrogen (secondary N) is 1. The molecule has 0 saturated carbocycles. The third-order valence-electron chi connectivity index (χ3n) is 0.626. The zero-order chi connectivity index (χ0) is 5.11. The summed E-state index contributed by atoms with van der Waals surface area (Å²) in [5.41, 5.74) is 0. The second-order valence-corrected chi connectivity index (χ2v) is 3.13. The van der Waals surface area contributed by atoms with Gasteiger partial charge in [0.05, 0.1) is 0 Å². The molecule has 1 atom stereocenters. The fraction of sp³-hybridized carbons (Fsp3) is 0.250. The molecule has 0 aliphatic carbocycles. The third-order valence-corrected chi connectivity index (χ3v) is 2.35. The molecule has 1 aliphatic heterocycles. The third kappa shape index (κ3) is 1.31. The predicted molar refractivity (Wildman–Crippen MR) is 35.5 cm³/mol. The van der Waals surface area contributed by atoms with Crippen molar-refractivity contribution in [2.75, 3.05) is 0 Å². The molecular formula is C4H5NS2. The van der Waals surface area contributed by atoms with E-state index in [-0.39, 0.29) is 0 Å². The molecule has 2 radical (unpaired) electrons. The molecule has 1 aliphatic rings. The average Bonchev–Trinajstić information content (AvgIpc) is 2.14. The van der Waals surface area contributed by atoms with Crippen LogP contribution in [0.1, 0.15) is 0 Å². The van der Waals surface area contributed by atoms with Crippen LogP contribution in [-0.4, -0.2) is 4.71 Å². The number of hydrogen-bond acceptors (Lipinski definition) is 3. The topological polar surface area (TPSA) is 12.0 Å². The first-order chi connectivity index (χ1) is 3.43. The molecule has 0 aromatic carbocycles. The standard InChI is InChI=1S/C4H5NS2/c1-6-4-5-2-3-7-4/h1-5H. The largest absolute Gasteiger partial charge is 0.370 e. The van der Waals surface area contributed by atoms with Crippen molar-refractivity contribution in [3.05, 3.63) is 17.9 Å². The summed E-state index contributed by atoms with van der Waals surface area (Å²) in [5, 5.41) is 5.02. The van der Waals surface area contributed by atoms with E-state index in [0.29, 0.717) is 4.71 Å². The smallest absolute Gasteiger partial charge is 0.123 e. The van der Waals surface area contributed by atoms with Crippen LogP contribution in [0.25, 0.3) is 0 Å². The van der Waals surface area contributed by atoms with Crippen molar-refractivity contribution in [3.8, 4) is 0 Å². The van der Waals surface area contributed by atoms with Crippen LogP contribution in [0.15, 0.2) is 11.6 Å². The molecule has 0 spiro atoms. The van der Waals surface area contributed by atoms with Crippen LogP contribution in [-0.2, 0) is 0 Å². The molecule has 0 aromatic rings. The second kappa shape index (κ2) is 2.52. The van der Waals surface area contributed by atoms with Crippen LogP contribution in [0.5, 0.6) is 0 Å². The van der Waals surface area contributed by atoms with Crippen molar-refractivity contribution in [3.63, 3.8) is 0 Å². The second-order valence-electron chi connectivity index (χ2n) is 1.07. The van der Waals surface area contributed by atoms with Crippen molar-refractivity contribution in [1.82, 2.24) is 5.32 Å². The summed E-state index contributed by atoms with van der Waals surface area (Å²) in [6.45, 7) is 0. The van der Waals surface area contributed by atoms with Gasteiger partial charge < -0.3 is 5.32 Å². The van der Waals surface area contributed by atoms with Gasteiger partial charge in [-0.05, 0) is 5.41 Å². The highest BCUT2D eigenvalue weighted by Gasteiger charge is 2.04. The van der Waals surface area contributed by atoms with Crippen molar-refractivity contribution in [2.45, 2.75) is 4.71 Å². The fourth-order valence-corrected chi connectivity index (χ4v) is 1.40. The van der Waals surface area contributed by atoms with Gasteiger partial charge in [0.1, 0.15) is 4.71 Å². The van der Waals surface area contributed by atoms with Crippen LogP contribution in [0, 0.1) is 6.26 Å². The zero-order valence-electron chi connectivity index (χ0n) is 3.63. The van der Waals surface area contributed by atoms with E-state index < -0.39 is 0 Å². The van der Waals surface area contributed by atoms with Crippen molar-refractivity contribution in [1.29, 1.82) is 0 Å². The highest BCUT2D eigenvalue weighted by molar-refractivity contribution is 8.18. The molecule has 0 aromatic heterocycles. The first-order valence-electron chi connectivity index (χ1n) is 1.85. The summed E-state index contributed by atoms with van der Waals surface area (Å²) in [4.78, 5) is 0. The van der Waals surface area contributed by atoms with Crippen LogP contribution in [0.3, 0.4) is 0 Å². The predicted octanol–water partition coefficient (Wildman–Crippen LogP) is 1.48. The lowest BCUT2D eigenvalue weighted by atomic mass is 11.0. The van der Waals surface area contributed by atoms with Crippen LogP contribution >= 0.6 is 23.5 Å². The lowest BCUT2D eigenvalue weighted by molar-refractivity contribution is 1.03. The summed E-state index contributed by atoms with van der Waals surface area (Å²) in [6.07, 6.45) is 7.13. The minimum absolute atomic E-state index is 0.347. The monoisotopic (exact) mass is 131 g/mol. The molecule has 1 N–H and O–H groups in total. The Morgan fingerprint density at radius 2 is 2.71 bits per heavy atom. The van der Waals surface area contributed by atoms with E-state index in [4.69, 9.17) is 6.26 Å². The molecule has 0 bridgehead atoms. The van der Waals surface area contributed by atoms with Gasteiger partial charge in [-0.15, -0.1) is 11.8 Å². The molecule has 1 nitrogen and oxygen atoms in total. The summed E-state index contributed by atoms with van der Waals surface area (Å²) >= 11 is 3.01. The van der Waals surface area contributed by atoms with Gasteiger partial charge in [-0.3, -0.25) is 0 Å². The van der Waals surface area contributed by atoms with Gasteiger partial charge in [0, 0.05) is 12.5 Å². The summed E-state index contributed by atoms with van der Waals surface area (Å²) < 4.78 is 0.347. The van der Waals surface area contributed by atoms with Crippen molar-refractivity contribution in [2.24, 2.45) is 0 Å². The van der Waals surface area contributed by atoms with Crippen molar-refractivity contribution < 1.29 is 0 Å². The molecule has 0 fully saturated rings. The Morgan fingerprint density at radius 1 is 1.86 bits per heavy atom. The van der Waals surface area contributed by atoms with E-state index in [1.165, 1.54) is 11.8 Å². The van der Waals surface area contributed by atoms with Gasteiger partial charge in [-0.25, -0.2) is 0 Å². The van der Waals surface area contributed by atoms with Gasteiger partial charge in [0.25, 0.3) is 0 Å². The molecule has 3 heteroatoms. The van der Waals surface area contributed by atoms with E-state index in [9.17, 15) is 0 Å². The maximum atomic E-state index is 5.23.